The van der Waals surface area contributed by atoms with Crippen LogP contribution in [0.4, 0.5) is 5.13 Å². The molecule has 1 aromatic carbocycles. The van der Waals surface area contributed by atoms with Crippen LogP contribution >= 0.6 is 11.3 Å². The molecule has 0 bridgehead atoms. The summed E-state index contributed by atoms with van der Waals surface area (Å²) < 4.78 is 4.79. The molecule has 0 amide bonds. The molecule has 2 aromatic rings. The number of rotatable bonds is 3. The highest BCUT2D eigenvalue weighted by molar-refractivity contribution is 7.13. The van der Waals surface area contributed by atoms with Gasteiger partial charge in [0.2, 0.25) is 0 Å². The number of esters is 1. The molecular weight excluding hydrogens is 322 g/mol. The summed E-state index contributed by atoms with van der Waals surface area (Å²) in [6.45, 7) is 4.56. The van der Waals surface area contributed by atoms with Gasteiger partial charge in [-0.1, -0.05) is 24.0 Å². The monoisotopic (exact) mass is 341 g/mol. The molecule has 1 aromatic heterocycles. The van der Waals surface area contributed by atoms with Crippen LogP contribution in [0.15, 0.2) is 35.8 Å². The number of benzene rings is 1. The van der Waals surface area contributed by atoms with E-state index in [1.165, 1.54) is 7.11 Å². The molecular formula is C18H19N3O2S. The predicted octanol–water partition coefficient (Wildman–Crippen LogP) is 2.10. The molecule has 0 atom stereocenters. The van der Waals surface area contributed by atoms with E-state index in [-0.39, 0.29) is 5.97 Å². The zero-order valence-corrected chi connectivity index (χ0v) is 14.4. The average molecular weight is 341 g/mol. The summed E-state index contributed by atoms with van der Waals surface area (Å²) in [5, 5.41) is 3.10. The van der Waals surface area contributed by atoms with Gasteiger partial charge in [0.05, 0.1) is 19.2 Å². The van der Waals surface area contributed by atoms with E-state index in [2.05, 4.69) is 26.6 Å². The fourth-order valence-electron chi connectivity index (χ4n) is 2.60. The van der Waals surface area contributed by atoms with Gasteiger partial charge in [-0.15, -0.1) is 11.3 Å². The lowest BCUT2D eigenvalue weighted by Gasteiger charge is -2.33. The van der Waals surface area contributed by atoms with Crippen LogP contribution in [0.1, 0.15) is 15.9 Å². The molecule has 0 unspecified atom stereocenters. The number of hydrogen-bond acceptors (Lipinski definition) is 6. The lowest BCUT2D eigenvalue weighted by Crippen LogP contribution is -2.46. The Morgan fingerprint density at radius 2 is 2.08 bits per heavy atom. The number of nitrogens with zero attached hydrogens (tertiary/aromatic N) is 3. The molecule has 0 N–H and O–H groups in total. The molecule has 0 radical (unpaired) electrons. The third kappa shape index (κ3) is 3.94. The fourth-order valence-corrected chi connectivity index (χ4v) is 3.29. The molecule has 124 valence electrons. The maximum absolute atomic E-state index is 11.7. The number of anilines is 1. The van der Waals surface area contributed by atoms with E-state index in [4.69, 9.17) is 4.74 Å². The van der Waals surface area contributed by atoms with Crippen LogP contribution in [0.3, 0.4) is 0 Å². The molecule has 6 heteroatoms. The van der Waals surface area contributed by atoms with Crippen LogP contribution in [0.2, 0.25) is 0 Å². The van der Waals surface area contributed by atoms with Crippen molar-refractivity contribution in [3.05, 3.63) is 47.0 Å². The third-order valence-electron chi connectivity index (χ3n) is 3.92. The maximum atomic E-state index is 11.7. The fraction of sp³-hybridized carbons (Fsp3) is 0.333. The lowest BCUT2D eigenvalue weighted by molar-refractivity contribution is 0.0600. The molecule has 24 heavy (non-hydrogen) atoms. The van der Waals surface area contributed by atoms with Gasteiger partial charge in [-0.05, 0) is 12.1 Å². The molecule has 0 saturated carbocycles. The number of piperazine rings is 1. The Bertz CT molecular complexity index is 741. The lowest BCUT2D eigenvalue weighted by atomic mass is 10.1. The topological polar surface area (TPSA) is 45.7 Å². The van der Waals surface area contributed by atoms with Gasteiger partial charge < -0.3 is 9.64 Å². The number of ether oxygens (including phenoxy) is 1. The van der Waals surface area contributed by atoms with Crippen LogP contribution in [0, 0.1) is 11.8 Å². The quantitative estimate of drug-likeness (QED) is 0.632. The third-order valence-corrected chi connectivity index (χ3v) is 4.75. The highest BCUT2D eigenvalue weighted by Crippen LogP contribution is 2.18. The SMILES string of the molecule is COC(=O)c1ccccc1C#CCN1CCN(c2nccs2)CC1. The second kappa shape index (κ2) is 7.95. The van der Waals surface area contributed by atoms with Crippen molar-refractivity contribution < 1.29 is 9.53 Å². The maximum Gasteiger partial charge on any atom is 0.339 e. The Hall–Kier alpha value is -2.36. The van der Waals surface area contributed by atoms with Crippen molar-refractivity contribution in [3.63, 3.8) is 0 Å². The molecule has 5 nitrogen and oxygen atoms in total. The second-order valence-corrected chi connectivity index (χ2v) is 6.29. The van der Waals surface area contributed by atoms with E-state index in [9.17, 15) is 4.79 Å². The molecule has 3 rings (SSSR count). The van der Waals surface area contributed by atoms with Gasteiger partial charge in [-0.3, -0.25) is 4.90 Å². The number of hydrogen-bond donors (Lipinski definition) is 0. The average Bonchev–Trinajstić information content (AvgIpc) is 3.17. The van der Waals surface area contributed by atoms with Crippen molar-refractivity contribution in [2.45, 2.75) is 0 Å². The number of methoxy groups -OCH3 is 1. The Balaban J connectivity index is 1.56. The van der Waals surface area contributed by atoms with Crippen molar-refractivity contribution in [2.24, 2.45) is 0 Å². The summed E-state index contributed by atoms with van der Waals surface area (Å²) >= 11 is 1.68. The van der Waals surface area contributed by atoms with Gasteiger partial charge >= 0.3 is 5.97 Å². The Kier molecular flexibility index (Phi) is 5.47. The largest absolute Gasteiger partial charge is 0.465 e. The summed E-state index contributed by atoms with van der Waals surface area (Å²) in [4.78, 5) is 20.7. The van der Waals surface area contributed by atoms with Crippen molar-refractivity contribution >= 4 is 22.4 Å². The molecule has 1 aliphatic rings. The van der Waals surface area contributed by atoms with Crippen molar-refractivity contribution in [3.8, 4) is 11.8 Å². The van der Waals surface area contributed by atoms with Crippen LogP contribution < -0.4 is 4.90 Å². The molecule has 1 fully saturated rings. The van der Waals surface area contributed by atoms with Crippen LogP contribution in [0.25, 0.3) is 0 Å². The Morgan fingerprint density at radius 1 is 1.29 bits per heavy atom. The summed E-state index contributed by atoms with van der Waals surface area (Å²) in [5.41, 5.74) is 1.23. The Labute approximate surface area is 145 Å². The van der Waals surface area contributed by atoms with Gasteiger partial charge in [0.1, 0.15) is 0 Å². The zero-order valence-electron chi connectivity index (χ0n) is 13.6. The second-order valence-electron chi connectivity index (χ2n) is 5.42. The minimum absolute atomic E-state index is 0.350. The van der Waals surface area contributed by atoms with Crippen LogP contribution in [0.5, 0.6) is 0 Å². The highest BCUT2D eigenvalue weighted by Gasteiger charge is 2.17. The summed E-state index contributed by atoms with van der Waals surface area (Å²) in [6.07, 6.45) is 1.84. The summed E-state index contributed by atoms with van der Waals surface area (Å²) in [7, 11) is 1.38. The molecule has 0 spiro atoms. The van der Waals surface area contributed by atoms with Gasteiger partial charge in [0.15, 0.2) is 5.13 Å². The van der Waals surface area contributed by atoms with Crippen molar-refractivity contribution in [2.75, 3.05) is 44.7 Å². The van der Waals surface area contributed by atoms with Gasteiger partial charge in [-0.25, -0.2) is 9.78 Å². The van der Waals surface area contributed by atoms with E-state index in [0.29, 0.717) is 17.7 Å². The van der Waals surface area contributed by atoms with E-state index in [0.717, 1.165) is 31.3 Å². The first-order valence-electron chi connectivity index (χ1n) is 7.81. The van der Waals surface area contributed by atoms with Crippen LogP contribution in [-0.2, 0) is 4.74 Å². The van der Waals surface area contributed by atoms with E-state index >= 15 is 0 Å². The molecule has 1 aliphatic heterocycles. The van der Waals surface area contributed by atoms with E-state index in [1.807, 2.05) is 29.8 Å². The Morgan fingerprint density at radius 3 is 2.79 bits per heavy atom. The van der Waals surface area contributed by atoms with E-state index in [1.54, 1.807) is 17.4 Å². The van der Waals surface area contributed by atoms with Gasteiger partial charge in [0.25, 0.3) is 0 Å². The first-order valence-corrected chi connectivity index (χ1v) is 8.69. The minimum atomic E-state index is -0.350. The molecule has 0 aliphatic carbocycles. The summed E-state index contributed by atoms with van der Waals surface area (Å²) in [6, 6.07) is 7.28. The molecule has 1 saturated heterocycles. The number of carbonyl (C=O) groups is 1. The number of thiazole rings is 1. The summed E-state index contributed by atoms with van der Waals surface area (Å²) in [5.74, 6) is 5.93. The molecule has 2 heterocycles. The smallest absolute Gasteiger partial charge is 0.339 e. The first-order chi connectivity index (χ1) is 11.8. The van der Waals surface area contributed by atoms with Gasteiger partial charge in [0, 0.05) is 43.3 Å². The van der Waals surface area contributed by atoms with Crippen molar-refractivity contribution in [1.29, 1.82) is 0 Å². The number of aromatic nitrogens is 1. The normalized spacial score (nSPS) is 14.8. The van der Waals surface area contributed by atoms with Crippen LogP contribution in [-0.4, -0.2) is 55.7 Å². The predicted molar refractivity (Wildman–Crippen MR) is 95.4 cm³/mol. The number of carbonyl (C=O) groups excluding carboxylic acids is 1. The van der Waals surface area contributed by atoms with Gasteiger partial charge in [-0.2, -0.15) is 0 Å². The zero-order chi connectivity index (χ0) is 16.8. The highest BCUT2D eigenvalue weighted by atomic mass is 32.1. The standard InChI is InChI=1S/C18H19N3O2S/c1-23-17(22)16-7-3-2-5-15(16)6-4-9-20-10-12-21(13-11-20)18-19-8-14-24-18/h2-3,5,7-8,14H,9-13H2,1H3. The first kappa shape index (κ1) is 16.5. The van der Waals surface area contributed by atoms with Crippen molar-refractivity contribution in [1.82, 2.24) is 9.88 Å². The minimum Gasteiger partial charge on any atom is -0.465 e. The van der Waals surface area contributed by atoms with E-state index < -0.39 is 0 Å².